The Morgan fingerprint density at radius 2 is 2.00 bits per heavy atom. The average Bonchev–Trinajstić information content (AvgIpc) is 2.76. The fourth-order valence-corrected chi connectivity index (χ4v) is 3.94. The summed E-state index contributed by atoms with van der Waals surface area (Å²) in [6.45, 7) is 0. The molecule has 1 aliphatic rings. The molecule has 1 aliphatic carbocycles. The molecule has 2 N–H and O–H groups in total. The van der Waals surface area contributed by atoms with E-state index < -0.39 is 10.0 Å². The molecule has 0 radical (unpaired) electrons. The van der Waals surface area contributed by atoms with Crippen LogP contribution in [0.15, 0.2) is 17.3 Å². The summed E-state index contributed by atoms with van der Waals surface area (Å²) < 4.78 is 27.7. The molecule has 1 heterocycles. The second kappa shape index (κ2) is 4.99. The lowest BCUT2D eigenvalue weighted by molar-refractivity contribution is 0.267. The fourth-order valence-electron chi connectivity index (χ4n) is 2.42. The maximum atomic E-state index is 12.4. The highest BCUT2D eigenvalue weighted by Gasteiger charge is 2.32. The zero-order valence-corrected chi connectivity index (χ0v) is 11.6. The SMILES string of the molecule is CN(C1CCC(N)CC1)S(=O)(=O)c1ccnn1C. The van der Waals surface area contributed by atoms with E-state index in [1.54, 1.807) is 14.1 Å². The Morgan fingerprint density at radius 3 is 2.50 bits per heavy atom. The van der Waals surface area contributed by atoms with E-state index in [9.17, 15) is 8.42 Å². The zero-order chi connectivity index (χ0) is 13.3. The minimum absolute atomic E-state index is 0.0460. The van der Waals surface area contributed by atoms with Crippen molar-refractivity contribution in [1.82, 2.24) is 14.1 Å². The molecule has 6 nitrogen and oxygen atoms in total. The van der Waals surface area contributed by atoms with Gasteiger partial charge in [-0.1, -0.05) is 0 Å². The molecule has 102 valence electrons. The van der Waals surface area contributed by atoms with Crippen molar-refractivity contribution in [2.75, 3.05) is 7.05 Å². The van der Waals surface area contributed by atoms with Crippen LogP contribution in [0.4, 0.5) is 0 Å². The standard InChI is InChI=1S/C11H20N4O2S/c1-14-11(7-8-13-14)18(16,17)15(2)10-5-3-9(12)4-6-10/h7-10H,3-6,12H2,1-2H3. The van der Waals surface area contributed by atoms with E-state index in [0.29, 0.717) is 0 Å². The summed E-state index contributed by atoms with van der Waals surface area (Å²) in [5, 5.41) is 4.15. The van der Waals surface area contributed by atoms with E-state index in [4.69, 9.17) is 5.73 Å². The minimum Gasteiger partial charge on any atom is -0.328 e. The van der Waals surface area contributed by atoms with Gasteiger partial charge in [0.05, 0.1) is 6.20 Å². The second-order valence-electron chi connectivity index (χ2n) is 4.88. The minimum atomic E-state index is -3.45. The van der Waals surface area contributed by atoms with E-state index in [1.165, 1.54) is 21.3 Å². The number of aromatic nitrogens is 2. The Kier molecular flexibility index (Phi) is 3.74. The van der Waals surface area contributed by atoms with Gasteiger partial charge in [-0.05, 0) is 31.7 Å². The summed E-state index contributed by atoms with van der Waals surface area (Å²) in [7, 11) is -0.171. The molecule has 0 aliphatic heterocycles. The quantitative estimate of drug-likeness (QED) is 0.858. The predicted octanol–water partition coefficient (Wildman–Crippen LogP) is 0.311. The van der Waals surface area contributed by atoms with Gasteiger partial charge in [0.1, 0.15) is 0 Å². The molecule has 1 aromatic rings. The average molecular weight is 272 g/mol. The first-order valence-electron chi connectivity index (χ1n) is 6.14. The second-order valence-corrected chi connectivity index (χ2v) is 6.83. The van der Waals surface area contributed by atoms with Gasteiger partial charge in [-0.25, -0.2) is 8.42 Å². The van der Waals surface area contributed by atoms with Crippen molar-refractivity contribution in [3.05, 3.63) is 12.3 Å². The maximum absolute atomic E-state index is 12.4. The van der Waals surface area contributed by atoms with Crippen molar-refractivity contribution in [3.8, 4) is 0 Å². The molecule has 0 unspecified atom stereocenters. The summed E-state index contributed by atoms with van der Waals surface area (Å²) in [4.78, 5) is 0. The third-order valence-corrected chi connectivity index (χ3v) is 5.66. The summed E-state index contributed by atoms with van der Waals surface area (Å²) >= 11 is 0. The van der Waals surface area contributed by atoms with Gasteiger partial charge in [0, 0.05) is 26.2 Å². The van der Waals surface area contributed by atoms with Gasteiger partial charge in [0.25, 0.3) is 10.0 Å². The van der Waals surface area contributed by atoms with Crippen molar-refractivity contribution >= 4 is 10.0 Å². The molecule has 18 heavy (non-hydrogen) atoms. The molecule has 1 aromatic heterocycles. The number of hydrogen-bond donors (Lipinski definition) is 1. The lowest BCUT2D eigenvalue weighted by Crippen LogP contribution is -2.42. The summed E-state index contributed by atoms with van der Waals surface area (Å²) in [6, 6.07) is 1.79. The maximum Gasteiger partial charge on any atom is 0.260 e. The smallest absolute Gasteiger partial charge is 0.260 e. The van der Waals surface area contributed by atoms with Crippen molar-refractivity contribution in [1.29, 1.82) is 0 Å². The van der Waals surface area contributed by atoms with E-state index in [0.717, 1.165) is 25.7 Å². The monoisotopic (exact) mass is 272 g/mol. The zero-order valence-electron chi connectivity index (χ0n) is 10.8. The highest BCUT2D eigenvalue weighted by molar-refractivity contribution is 7.89. The number of hydrogen-bond acceptors (Lipinski definition) is 4. The van der Waals surface area contributed by atoms with Crippen LogP contribution < -0.4 is 5.73 Å². The van der Waals surface area contributed by atoms with E-state index >= 15 is 0 Å². The lowest BCUT2D eigenvalue weighted by Gasteiger charge is -2.32. The highest BCUT2D eigenvalue weighted by atomic mass is 32.2. The molecular formula is C11H20N4O2S. The van der Waals surface area contributed by atoms with Crippen molar-refractivity contribution in [2.45, 2.75) is 42.8 Å². The summed E-state index contributed by atoms with van der Waals surface area (Å²) in [5.74, 6) is 0. The predicted molar refractivity (Wildman–Crippen MR) is 68.4 cm³/mol. The molecule has 0 atom stereocenters. The van der Waals surface area contributed by atoms with Crippen LogP contribution in [0.25, 0.3) is 0 Å². The molecule has 0 spiro atoms. The van der Waals surface area contributed by atoms with Crippen LogP contribution in [0.3, 0.4) is 0 Å². The van der Waals surface area contributed by atoms with E-state index in [-0.39, 0.29) is 17.1 Å². The third kappa shape index (κ3) is 2.43. The summed E-state index contributed by atoms with van der Waals surface area (Å²) in [5.41, 5.74) is 5.84. The molecular weight excluding hydrogens is 252 g/mol. The third-order valence-electron chi connectivity index (χ3n) is 3.67. The first-order valence-corrected chi connectivity index (χ1v) is 7.58. The number of nitrogens with two attached hydrogens (primary N) is 1. The Balaban J connectivity index is 2.18. The van der Waals surface area contributed by atoms with Crippen molar-refractivity contribution in [2.24, 2.45) is 12.8 Å². The van der Waals surface area contributed by atoms with Crippen LogP contribution in [-0.4, -0.2) is 41.6 Å². The van der Waals surface area contributed by atoms with Gasteiger partial charge in [-0.2, -0.15) is 9.40 Å². The molecule has 0 saturated heterocycles. The van der Waals surface area contributed by atoms with Gasteiger partial charge in [-0.15, -0.1) is 0 Å². The fraction of sp³-hybridized carbons (Fsp3) is 0.727. The Morgan fingerprint density at radius 1 is 1.39 bits per heavy atom. The molecule has 7 heteroatoms. The molecule has 2 rings (SSSR count). The number of sulfonamides is 1. The van der Waals surface area contributed by atoms with Crippen molar-refractivity contribution in [3.63, 3.8) is 0 Å². The molecule has 1 fully saturated rings. The lowest BCUT2D eigenvalue weighted by atomic mass is 9.92. The number of aryl methyl sites for hydroxylation is 1. The first kappa shape index (κ1) is 13.5. The Hall–Kier alpha value is -0.920. The van der Waals surface area contributed by atoms with Crippen LogP contribution in [0.5, 0.6) is 0 Å². The molecule has 1 saturated carbocycles. The van der Waals surface area contributed by atoms with Gasteiger partial charge >= 0.3 is 0 Å². The topological polar surface area (TPSA) is 81.2 Å². The molecule has 0 amide bonds. The molecule has 0 bridgehead atoms. The normalized spacial score (nSPS) is 25.6. The van der Waals surface area contributed by atoms with Gasteiger partial charge < -0.3 is 5.73 Å². The van der Waals surface area contributed by atoms with E-state index in [2.05, 4.69) is 5.10 Å². The molecule has 0 aromatic carbocycles. The van der Waals surface area contributed by atoms with Gasteiger partial charge in [-0.3, -0.25) is 4.68 Å². The number of rotatable bonds is 3. The Bertz CT molecular complexity index is 503. The van der Waals surface area contributed by atoms with Crippen LogP contribution in [0, 0.1) is 0 Å². The van der Waals surface area contributed by atoms with Crippen LogP contribution in [0.1, 0.15) is 25.7 Å². The highest BCUT2D eigenvalue weighted by Crippen LogP contribution is 2.25. The van der Waals surface area contributed by atoms with Crippen LogP contribution >= 0.6 is 0 Å². The van der Waals surface area contributed by atoms with Gasteiger partial charge in [0.2, 0.25) is 0 Å². The first-order chi connectivity index (χ1) is 8.43. The Labute approximate surface area is 108 Å². The largest absolute Gasteiger partial charge is 0.328 e. The van der Waals surface area contributed by atoms with Crippen LogP contribution in [-0.2, 0) is 17.1 Å². The van der Waals surface area contributed by atoms with Crippen LogP contribution in [0.2, 0.25) is 0 Å². The van der Waals surface area contributed by atoms with Gasteiger partial charge in [0.15, 0.2) is 5.03 Å². The number of nitrogens with zero attached hydrogens (tertiary/aromatic N) is 3. The van der Waals surface area contributed by atoms with Crippen molar-refractivity contribution < 1.29 is 8.42 Å². The summed E-state index contributed by atoms with van der Waals surface area (Å²) in [6.07, 6.45) is 4.92. The van der Waals surface area contributed by atoms with E-state index in [1.807, 2.05) is 0 Å².